The number of carbonyl (C=O) groups excluding carboxylic acids is 2. The largest absolute Gasteiger partial charge is 0.366 e. The molecule has 0 atom stereocenters. The van der Waals surface area contributed by atoms with Crippen molar-refractivity contribution in [2.45, 2.75) is 24.8 Å². The van der Waals surface area contributed by atoms with E-state index in [9.17, 15) is 19.7 Å². The number of carbonyl (C=O) groups is 2. The molecule has 0 aliphatic carbocycles. The topological polar surface area (TPSA) is 121 Å². The van der Waals surface area contributed by atoms with E-state index in [0.29, 0.717) is 5.49 Å². The number of thioether (sulfide) groups is 1. The van der Waals surface area contributed by atoms with Gasteiger partial charge in [0.25, 0.3) is 5.69 Å². The summed E-state index contributed by atoms with van der Waals surface area (Å²) in [4.78, 5) is 39.0. The normalized spacial score (nSPS) is 11.6. The average molecular weight is 374 g/mol. The van der Waals surface area contributed by atoms with Crippen LogP contribution in [0.15, 0.2) is 52.5 Å². The van der Waals surface area contributed by atoms with Crippen molar-refractivity contribution in [1.29, 1.82) is 0 Å². The minimum Gasteiger partial charge on any atom is -0.366 e. The Morgan fingerprint density at radius 3 is 2.65 bits per heavy atom. The summed E-state index contributed by atoms with van der Waals surface area (Å²) in [5.41, 5.74) is 5.46. The summed E-state index contributed by atoms with van der Waals surface area (Å²) in [6, 6.07) is 9.18. The maximum atomic E-state index is 12.5. The van der Waals surface area contributed by atoms with Crippen LogP contribution >= 0.6 is 11.8 Å². The second-order valence-corrected chi connectivity index (χ2v) is 6.66. The van der Waals surface area contributed by atoms with Crippen molar-refractivity contribution in [2.75, 3.05) is 5.75 Å². The van der Waals surface area contributed by atoms with Gasteiger partial charge in [-0.1, -0.05) is 6.07 Å². The Kier molecular flexibility index (Phi) is 6.29. The number of nitrogens with zero attached hydrogens (tertiary/aromatic N) is 3. The van der Waals surface area contributed by atoms with Gasteiger partial charge < -0.3 is 5.73 Å². The van der Waals surface area contributed by atoms with Gasteiger partial charge in [-0.15, -0.1) is 11.8 Å². The highest BCUT2D eigenvalue weighted by Gasteiger charge is 2.18. The van der Waals surface area contributed by atoms with E-state index in [4.69, 9.17) is 5.73 Å². The van der Waals surface area contributed by atoms with Crippen LogP contribution in [-0.4, -0.2) is 33.1 Å². The predicted octanol–water partition coefficient (Wildman–Crippen LogP) is 2.24. The molecule has 0 spiro atoms. The third-order valence-corrected chi connectivity index (χ3v) is 4.34. The molecule has 0 bridgehead atoms. The number of benzene rings is 1. The lowest BCUT2D eigenvalue weighted by atomic mass is 10.2. The van der Waals surface area contributed by atoms with Crippen LogP contribution in [0.4, 0.5) is 5.69 Å². The number of aromatic nitrogens is 1. The quantitative estimate of drug-likeness (QED) is 0.472. The summed E-state index contributed by atoms with van der Waals surface area (Å²) in [5, 5.41) is 11.2. The van der Waals surface area contributed by atoms with E-state index in [-0.39, 0.29) is 33.8 Å². The van der Waals surface area contributed by atoms with Crippen molar-refractivity contribution < 1.29 is 14.5 Å². The van der Waals surface area contributed by atoms with Gasteiger partial charge in [0.1, 0.15) is 5.49 Å². The molecule has 0 saturated heterocycles. The number of nitrogens with two attached hydrogens (primary N) is 1. The fraction of sp³-hybridized carbons (Fsp3) is 0.235. The SMILES string of the molecule is CC(C)N=c1ccccn1C(=O)CSc1ccc(C(N)=O)cc1[N+](=O)[O-]. The fourth-order valence-electron chi connectivity index (χ4n) is 2.16. The summed E-state index contributed by atoms with van der Waals surface area (Å²) in [5.74, 6) is -1.03. The summed E-state index contributed by atoms with van der Waals surface area (Å²) < 4.78 is 1.41. The molecule has 136 valence electrons. The molecule has 0 aliphatic heterocycles. The summed E-state index contributed by atoms with van der Waals surface area (Å²) in [6.45, 7) is 3.81. The zero-order chi connectivity index (χ0) is 19.3. The second kappa shape index (κ2) is 8.43. The van der Waals surface area contributed by atoms with Crippen LogP contribution in [0.25, 0.3) is 0 Å². The highest BCUT2D eigenvalue weighted by molar-refractivity contribution is 8.00. The Balaban J connectivity index is 2.26. The standard InChI is InChI=1S/C17H18N4O4S/c1-11(2)19-15-5-3-4-8-20(15)16(22)10-26-14-7-6-12(17(18)23)9-13(14)21(24)25/h3-9,11H,10H2,1-2H3,(H2,18,23). The molecule has 0 saturated carbocycles. The first-order valence-corrected chi connectivity index (χ1v) is 8.74. The van der Waals surface area contributed by atoms with Gasteiger partial charge in [-0.3, -0.25) is 29.3 Å². The van der Waals surface area contributed by atoms with Gasteiger partial charge in [-0.2, -0.15) is 0 Å². The number of amides is 1. The van der Waals surface area contributed by atoms with Crippen LogP contribution in [0.3, 0.4) is 0 Å². The van der Waals surface area contributed by atoms with Crippen molar-refractivity contribution in [1.82, 2.24) is 4.57 Å². The van der Waals surface area contributed by atoms with Gasteiger partial charge >= 0.3 is 0 Å². The molecule has 2 aromatic rings. The highest BCUT2D eigenvalue weighted by atomic mass is 32.2. The van der Waals surface area contributed by atoms with E-state index in [2.05, 4.69) is 4.99 Å². The number of pyridine rings is 1. The molecule has 1 aromatic carbocycles. The first-order chi connectivity index (χ1) is 12.3. The summed E-state index contributed by atoms with van der Waals surface area (Å²) in [7, 11) is 0. The van der Waals surface area contributed by atoms with Crippen LogP contribution in [-0.2, 0) is 0 Å². The average Bonchev–Trinajstić information content (AvgIpc) is 2.59. The van der Waals surface area contributed by atoms with E-state index >= 15 is 0 Å². The molecule has 0 aliphatic rings. The van der Waals surface area contributed by atoms with Crippen LogP contribution in [0.5, 0.6) is 0 Å². The number of rotatable bonds is 6. The van der Waals surface area contributed by atoms with Gasteiger partial charge in [0.2, 0.25) is 11.8 Å². The third kappa shape index (κ3) is 4.79. The van der Waals surface area contributed by atoms with Crippen LogP contribution in [0.1, 0.15) is 29.0 Å². The van der Waals surface area contributed by atoms with Crippen molar-refractivity contribution in [2.24, 2.45) is 10.7 Å². The number of hydrogen-bond donors (Lipinski definition) is 1. The molecule has 1 amide bonds. The molecule has 8 nitrogen and oxygen atoms in total. The Hall–Kier alpha value is -2.94. The Bertz CT molecular complexity index is 921. The van der Waals surface area contributed by atoms with Crippen molar-refractivity contribution >= 4 is 29.3 Å². The van der Waals surface area contributed by atoms with Crippen molar-refractivity contribution in [3.05, 3.63) is 63.8 Å². The van der Waals surface area contributed by atoms with E-state index in [0.717, 1.165) is 17.8 Å². The van der Waals surface area contributed by atoms with Crippen molar-refractivity contribution in [3.8, 4) is 0 Å². The number of primary amides is 1. The number of nitro benzene ring substituents is 1. The molecule has 1 heterocycles. The molecule has 2 rings (SSSR count). The molecule has 0 unspecified atom stereocenters. The summed E-state index contributed by atoms with van der Waals surface area (Å²) >= 11 is 1.02. The molecule has 9 heteroatoms. The minimum atomic E-state index is -0.750. The van der Waals surface area contributed by atoms with Gasteiger partial charge in [0.05, 0.1) is 15.6 Å². The third-order valence-electron chi connectivity index (χ3n) is 3.29. The Labute approximate surface area is 153 Å². The molecular weight excluding hydrogens is 356 g/mol. The first-order valence-electron chi connectivity index (χ1n) is 7.75. The molecular formula is C17H18N4O4S. The number of hydrogen-bond acceptors (Lipinski definition) is 6. The lowest BCUT2D eigenvalue weighted by molar-refractivity contribution is -0.387. The van der Waals surface area contributed by atoms with Gasteiger partial charge in [0.15, 0.2) is 0 Å². The molecule has 0 fully saturated rings. The molecule has 2 N–H and O–H groups in total. The monoisotopic (exact) mass is 374 g/mol. The molecule has 26 heavy (non-hydrogen) atoms. The first kappa shape index (κ1) is 19.4. The van der Waals surface area contributed by atoms with Gasteiger partial charge in [0, 0.05) is 23.9 Å². The van der Waals surface area contributed by atoms with E-state index in [1.54, 1.807) is 24.4 Å². The lowest BCUT2D eigenvalue weighted by Gasteiger charge is -2.08. The highest BCUT2D eigenvalue weighted by Crippen LogP contribution is 2.30. The maximum Gasteiger partial charge on any atom is 0.283 e. The fourth-order valence-corrected chi connectivity index (χ4v) is 3.02. The number of nitro groups is 1. The maximum absolute atomic E-state index is 12.5. The minimum absolute atomic E-state index is 0.0199. The Morgan fingerprint density at radius 2 is 2.04 bits per heavy atom. The van der Waals surface area contributed by atoms with Gasteiger partial charge in [-0.25, -0.2) is 0 Å². The zero-order valence-electron chi connectivity index (χ0n) is 14.3. The predicted molar refractivity (Wildman–Crippen MR) is 98.1 cm³/mol. The second-order valence-electron chi connectivity index (χ2n) is 5.64. The smallest absolute Gasteiger partial charge is 0.283 e. The van der Waals surface area contributed by atoms with Crippen LogP contribution in [0.2, 0.25) is 0 Å². The molecule has 1 aromatic heterocycles. The van der Waals surface area contributed by atoms with E-state index < -0.39 is 10.8 Å². The van der Waals surface area contributed by atoms with E-state index in [1.165, 1.54) is 16.7 Å². The summed E-state index contributed by atoms with van der Waals surface area (Å²) in [6.07, 6.45) is 1.61. The van der Waals surface area contributed by atoms with Crippen LogP contribution in [0, 0.1) is 10.1 Å². The van der Waals surface area contributed by atoms with Crippen LogP contribution < -0.4 is 11.2 Å². The van der Waals surface area contributed by atoms with Crippen molar-refractivity contribution in [3.63, 3.8) is 0 Å². The lowest BCUT2D eigenvalue weighted by Crippen LogP contribution is -2.28. The Morgan fingerprint density at radius 1 is 1.31 bits per heavy atom. The van der Waals surface area contributed by atoms with Gasteiger partial charge in [-0.05, 0) is 38.1 Å². The molecule has 0 radical (unpaired) electrons. The zero-order valence-corrected chi connectivity index (χ0v) is 15.1. The van der Waals surface area contributed by atoms with E-state index in [1.807, 2.05) is 13.8 Å².